The molecule has 14 heavy (non-hydrogen) atoms. The van der Waals surface area contributed by atoms with Gasteiger partial charge in [-0.2, -0.15) is 0 Å². The number of rotatable bonds is 5. The Morgan fingerprint density at radius 2 is 2.00 bits per heavy atom. The Kier molecular flexibility index (Phi) is 4.66. The highest BCUT2D eigenvalue weighted by Gasteiger charge is 2.01. The van der Waals surface area contributed by atoms with Crippen LogP contribution < -0.4 is 10.5 Å². The molecular formula is C10H14BO3-. The van der Waals surface area contributed by atoms with Gasteiger partial charge in [0.15, 0.2) is 0 Å². The van der Waals surface area contributed by atoms with Crippen molar-refractivity contribution in [3.63, 3.8) is 0 Å². The van der Waals surface area contributed by atoms with E-state index >= 15 is 0 Å². The molecule has 3 nitrogen and oxygen atoms in total. The number of hydrogen-bond donors (Lipinski definition) is 1. The van der Waals surface area contributed by atoms with E-state index < -0.39 is 7.12 Å². The van der Waals surface area contributed by atoms with E-state index in [0.717, 1.165) is 5.56 Å². The molecule has 76 valence electrons. The van der Waals surface area contributed by atoms with Gasteiger partial charge in [0.2, 0.25) is 7.12 Å². The molecule has 1 N–H and O–H groups in total. The average molecular weight is 193 g/mol. The maximum atomic E-state index is 11.4. The van der Waals surface area contributed by atoms with Crippen LogP contribution in [-0.2, 0) is 4.65 Å². The van der Waals surface area contributed by atoms with Gasteiger partial charge < -0.3 is 14.8 Å². The summed E-state index contributed by atoms with van der Waals surface area (Å²) in [7, 11) is -1.14. The van der Waals surface area contributed by atoms with Crippen molar-refractivity contribution in [2.24, 2.45) is 0 Å². The van der Waals surface area contributed by atoms with Gasteiger partial charge in [0.25, 0.3) is 0 Å². The molecule has 0 saturated heterocycles. The largest absolute Gasteiger partial charge is 0.853 e. The third-order valence-electron chi connectivity index (χ3n) is 1.92. The second-order valence-corrected chi connectivity index (χ2v) is 3.19. The van der Waals surface area contributed by atoms with Crippen LogP contribution in [0.5, 0.6) is 0 Å². The van der Waals surface area contributed by atoms with Crippen LogP contribution in [0.2, 0.25) is 0 Å². The second-order valence-electron chi connectivity index (χ2n) is 3.19. The summed E-state index contributed by atoms with van der Waals surface area (Å²) in [4.78, 5) is 0. The van der Waals surface area contributed by atoms with Crippen molar-refractivity contribution in [2.45, 2.75) is 13.3 Å². The summed E-state index contributed by atoms with van der Waals surface area (Å²) in [5, 5.41) is 19.9. The predicted molar refractivity (Wildman–Crippen MR) is 54.2 cm³/mol. The predicted octanol–water partition coefficient (Wildman–Crippen LogP) is -0.550. The molecule has 0 spiro atoms. The molecule has 1 aromatic carbocycles. The quantitative estimate of drug-likeness (QED) is 0.504. The number of aliphatic hydroxyl groups excluding tert-OH is 1. The third-order valence-corrected chi connectivity index (χ3v) is 1.92. The first-order valence-corrected chi connectivity index (χ1v) is 4.69. The van der Waals surface area contributed by atoms with E-state index in [9.17, 15) is 5.02 Å². The number of aryl methyl sites for hydroxylation is 1. The summed E-state index contributed by atoms with van der Waals surface area (Å²) >= 11 is 0. The van der Waals surface area contributed by atoms with Crippen LogP contribution in [0.4, 0.5) is 0 Å². The molecule has 0 fully saturated rings. The van der Waals surface area contributed by atoms with Crippen molar-refractivity contribution in [1.82, 2.24) is 0 Å². The Hall–Kier alpha value is -0.835. The monoisotopic (exact) mass is 193 g/mol. The van der Waals surface area contributed by atoms with E-state index in [1.54, 1.807) is 12.1 Å². The van der Waals surface area contributed by atoms with Gasteiger partial charge in [-0.25, -0.2) is 0 Å². The summed E-state index contributed by atoms with van der Waals surface area (Å²) < 4.78 is 4.99. The molecule has 0 radical (unpaired) electrons. The second kappa shape index (κ2) is 5.80. The Labute approximate surface area is 84.5 Å². The molecule has 0 unspecified atom stereocenters. The van der Waals surface area contributed by atoms with Crippen LogP contribution in [0.15, 0.2) is 24.3 Å². The van der Waals surface area contributed by atoms with Crippen molar-refractivity contribution in [2.75, 3.05) is 13.2 Å². The molecule has 4 heteroatoms. The highest BCUT2D eigenvalue weighted by molar-refractivity contribution is 6.58. The van der Waals surface area contributed by atoms with Gasteiger partial charge in [-0.05, 0) is 13.3 Å². The van der Waals surface area contributed by atoms with Crippen molar-refractivity contribution >= 4 is 12.6 Å². The lowest BCUT2D eigenvalue weighted by Gasteiger charge is -2.19. The Morgan fingerprint density at radius 3 is 2.57 bits per heavy atom. The number of benzene rings is 1. The van der Waals surface area contributed by atoms with Gasteiger partial charge in [-0.3, -0.25) is 0 Å². The SMILES string of the molecule is Cc1ccc(B([O-])OCCCO)cc1. The van der Waals surface area contributed by atoms with E-state index in [-0.39, 0.29) is 6.61 Å². The Bertz CT molecular complexity index is 261. The average Bonchev–Trinajstić information content (AvgIpc) is 2.19. The molecule has 0 atom stereocenters. The molecule has 0 aliphatic carbocycles. The highest BCUT2D eigenvalue weighted by Crippen LogP contribution is 1.94. The molecular weight excluding hydrogens is 179 g/mol. The molecule has 0 saturated carbocycles. The summed E-state index contributed by atoms with van der Waals surface area (Å²) in [5.41, 5.74) is 1.75. The lowest BCUT2D eigenvalue weighted by molar-refractivity contribution is -0.217. The molecule has 0 amide bonds. The van der Waals surface area contributed by atoms with Crippen LogP contribution in [0.25, 0.3) is 0 Å². The zero-order valence-electron chi connectivity index (χ0n) is 8.27. The number of aliphatic hydroxyl groups is 1. The zero-order chi connectivity index (χ0) is 10.4. The molecule has 0 aliphatic rings. The van der Waals surface area contributed by atoms with E-state index in [0.29, 0.717) is 18.5 Å². The Balaban J connectivity index is 2.43. The van der Waals surface area contributed by atoms with E-state index in [1.807, 2.05) is 19.1 Å². The summed E-state index contributed by atoms with van der Waals surface area (Å²) in [5.74, 6) is 0. The van der Waals surface area contributed by atoms with Crippen LogP contribution in [0.1, 0.15) is 12.0 Å². The third kappa shape index (κ3) is 3.50. The topological polar surface area (TPSA) is 52.5 Å². The van der Waals surface area contributed by atoms with Gasteiger partial charge in [0, 0.05) is 13.2 Å². The van der Waals surface area contributed by atoms with Gasteiger partial charge in [-0.1, -0.05) is 35.3 Å². The number of hydrogen-bond acceptors (Lipinski definition) is 3. The summed E-state index contributed by atoms with van der Waals surface area (Å²) in [6, 6.07) is 7.31. The zero-order valence-corrected chi connectivity index (χ0v) is 8.27. The maximum absolute atomic E-state index is 11.4. The van der Waals surface area contributed by atoms with Crippen molar-refractivity contribution in [3.05, 3.63) is 29.8 Å². The standard InChI is InChI=1S/C10H14BO3/c1-9-3-5-10(6-4-9)11(13)14-8-2-7-12/h3-6,12H,2,7-8H2,1H3/q-1. The van der Waals surface area contributed by atoms with Gasteiger partial charge >= 0.3 is 0 Å². The fourth-order valence-electron chi connectivity index (χ4n) is 1.07. The van der Waals surface area contributed by atoms with E-state index in [2.05, 4.69) is 0 Å². The molecule has 0 aliphatic heterocycles. The van der Waals surface area contributed by atoms with Crippen LogP contribution in [0, 0.1) is 6.92 Å². The molecule has 1 rings (SSSR count). The molecule has 0 aromatic heterocycles. The van der Waals surface area contributed by atoms with Crippen LogP contribution in [0.3, 0.4) is 0 Å². The smallest absolute Gasteiger partial charge is 0.217 e. The lowest BCUT2D eigenvalue weighted by atomic mass is 9.79. The van der Waals surface area contributed by atoms with Gasteiger partial charge in [0.05, 0.1) is 0 Å². The first-order valence-electron chi connectivity index (χ1n) is 4.69. The van der Waals surface area contributed by atoms with Crippen LogP contribution >= 0.6 is 0 Å². The fourth-order valence-corrected chi connectivity index (χ4v) is 1.07. The minimum Gasteiger partial charge on any atom is -0.853 e. The Morgan fingerprint density at radius 1 is 1.36 bits per heavy atom. The van der Waals surface area contributed by atoms with Crippen molar-refractivity contribution < 1.29 is 14.8 Å². The normalized spacial score (nSPS) is 10.2. The molecule has 0 heterocycles. The summed E-state index contributed by atoms with van der Waals surface area (Å²) in [6.45, 7) is 2.33. The minimum atomic E-state index is -1.14. The van der Waals surface area contributed by atoms with Crippen molar-refractivity contribution in [1.29, 1.82) is 0 Å². The van der Waals surface area contributed by atoms with E-state index in [1.165, 1.54) is 0 Å². The van der Waals surface area contributed by atoms with E-state index in [4.69, 9.17) is 9.76 Å². The molecule has 1 aromatic rings. The lowest BCUT2D eigenvalue weighted by Crippen LogP contribution is -2.46. The minimum absolute atomic E-state index is 0.0562. The van der Waals surface area contributed by atoms with Gasteiger partial charge in [-0.15, -0.1) is 0 Å². The first-order chi connectivity index (χ1) is 6.74. The molecule has 0 bridgehead atoms. The first kappa shape index (κ1) is 11.2. The van der Waals surface area contributed by atoms with Gasteiger partial charge in [0.1, 0.15) is 0 Å². The highest BCUT2D eigenvalue weighted by atomic mass is 16.5. The maximum Gasteiger partial charge on any atom is 0.217 e. The fraction of sp³-hybridized carbons (Fsp3) is 0.400. The summed E-state index contributed by atoms with van der Waals surface area (Å²) in [6.07, 6.45) is 0.505. The van der Waals surface area contributed by atoms with Crippen LogP contribution in [-0.4, -0.2) is 25.4 Å². The van der Waals surface area contributed by atoms with Crippen molar-refractivity contribution in [3.8, 4) is 0 Å².